The van der Waals surface area contributed by atoms with Gasteiger partial charge in [0.2, 0.25) is 5.06 Å². The van der Waals surface area contributed by atoms with Crippen molar-refractivity contribution in [2.24, 2.45) is 0 Å². The summed E-state index contributed by atoms with van der Waals surface area (Å²) in [5, 5.41) is 1.84. The van der Waals surface area contributed by atoms with E-state index in [1.54, 1.807) is 24.5 Å². The molecule has 0 amide bonds. The zero-order chi connectivity index (χ0) is 14.0. The lowest BCUT2D eigenvalue weighted by atomic mass is 10.1. The number of ether oxygens (including phenoxy) is 1. The van der Waals surface area contributed by atoms with Gasteiger partial charge in [-0.2, -0.15) is 0 Å². The predicted octanol–water partition coefficient (Wildman–Crippen LogP) is 3.30. The standard InChI is InChI=1S/C13H18N4OS/c1-5-10-17-11(7(2)3)13(19-10)18-9-6-15-8(4)16-12(9)14/h6-7H,5H2,1-4H3,(H2,14,15,16). The van der Waals surface area contributed by atoms with Gasteiger partial charge in [-0.05, 0) is 13.3 Å². The van der Waals surface area contributed by atoms with Crippen LogP contribution in [-0.2, 0) is 6.42 Å². The van der Waals surface area contributed by atoms with Crippen molar-refractivity contribution in [2.45, 2.75) is 40.0 Å². The fourth-order valence-corrected chi connectivity index (χ4v) is 2.63. The third-order valence-electron chi connectivity index (χ3n) is 2.62. The molecular weight excluding hydrogens is 260 g/mol. The molecule has 0 saturated carbocycles. The summed E-state index contributed by atoms with van der Waals surface area (Å²) in [5.74, 6) is 1.78. The Morgan fingerprint density at radius 2 is 2.11 bits per heavy atom. The van der Waals surface area contributed by atoms with Gasteiger partial charge in [-0.3, -0.25) is 0 Å². The SMILES string of the molecule is CCc1nc(C(C)C)c(Oc2cnc(C)nc2N)s1. The van der Waals surface area contributed by atoms with E-state index in [4.69, 9.17) is 10.5 Å². The molecule has 0 aliphatic rings. The Kier molecular flexibility index (Phi) is 3.99. The van der Waals surface area contributed by atoms with Crippen LogP contribution in [0.3, 0.4) is 0 Å². The number of anilines is 1. The fourth-order valence-electron chi connectivity index (χ4n) is 1.61. The summed E-state index contributed by atoms with van der Waals surface area (Å²) in [5.41, 5.74) is 6.80. The minimum Gasteiger partial charge on any atom is -0.439 e. The molecule has 2 aromatic heterocycles. The number of nitrogens with two attached hydrogens (primary N) is 1. The molecule has 0 aliphatic heterocycles. The van der Waals surface area contributed by atoms with Gasteiger partial charge in [0, 0.05) is 5.92 Å². The second-order valence-corrected chi connectivity index (χ2v) is 5.60. The Balaban J connectivity index is 2.34. The predicted molar refractivity (Wildman–Crippen MR) is 76.8 cm³/mol. The zero-order valence-electron chi connectivity index (χ0n) is 11.6. The van der Waals surface area contributed by atoms with Crippen molar-refractivity contribution in [1.29, 1.82) is 0 Å². The first-order valence-corrected chi connectivity index (χ1v) is 7.09. The zero-order valence-corrected chi connectivity index (χ0v) is 12.4. The summed E-state index contributed by atoms with van der Waals surface area (Å²) in [6.45, 7) is 8.06. The van der Waals surface area contributed by atoms with E-state index in [9.17, 15) is 0 Å². The number of aryl methyl sites for hydroxylation is 2. The Morgan fingerprint density at radius 1 is 1.37 bits per heavy atom. The average Bonchev–Trinajstić information content (AvgIpc) is 2.76. The van der Waals surface area contributed by atoms with Crippen LogP contribution in [0.5, 0.6) is 10.8 Å². The van der Waals surface area contributed by atoms with Crippen molar-refractivity contribution in [2.75, 3.05) is 5.73 Å². The molecule has 2 N–H and O–H groups in total. The fraction of sp³-hybridized carbons (Fsp3) is 0.462. The van der Waals surface area contributed by atoms with Crippen LogP contribution in [0, 0.1) is 6.92 Å². The van der Waals surface area contributed by atoms with E-state index < -0.39 is 0 Å². The van der Waals surface area contributed by atoms with Crippen molar-refractivity contribution in [3.8, 4) is 10.8 Å². The molecule has 0 bridgehead atoms. The molecule has 5 nitrogen and oxygen atoms in total. The number of nitrogen functional groups attached to an aromatic ring is 1. The van der Waals surface area contributed by atoms with Crippen molar-refractivity contribution >= 4 is 17.2 Å². The van der Waals surface area contributed by atoms with E-state index >= 15 is 0 Å². The van der Waals surface area contributed by atoms with E-state index in [1.807, 2.05) is 0 Å². The van der Waals surface area contributed by atoms with Crippen molar-refractivity contribution in [3.63, 3.8) is 0 Å². The first-order valence-electron chi connectivity index (χ1n) is 6.27. The van der Waals surface area contributed by atoms with Crippen LogP contribution in [-0.4, -0.2) is 15.0 Å². The van der Waals surface area contributed by atoms with Crippen LogP contribution in [0.1, 0.15) is 43.2 Å². The van der Waals surface area contributed by atoms with Gasteiger partial charge in [0.05, 0.1) is 16.9 Å². The quantitative estimate of drug-likeness (QED) is 0.928. The monoisotopic (exact) mass is 278 g/mol. The molecule has 0 aliphatic carbocycles. The molecule has 0 unspecified atom stereocenters. The summed E-state index contributed by atoms with van der Waals surface area (Å²) in [7, 11) is 0. The highest BCUT2D eigenvalue weighted by Gasteiger charge is 2.17. The number of aromatic nitrogens is 3. The molecule has 0 spiro atoms. The largest absolute Gasteiger partial charge is 0.439 e. The van der Waals surface area contributed by atoms with Crippen molar-refractivity contribution in [3.05, 3.63) is 22.7 Å². The molecule has 102 valence electrons. The van der Waals surface area contributed by atoms with Crippen LogP contribution in [0.2, 0.25) is 0 Å². The van der Waals surface area contributed by atoms with Gasteiger partial charge in [-0.15, -0.1) is 0 Å². The minimum atomic E-state index is 0.305. The molecule has 0 radical (unpaired) electrons. The van der Waals surface area contributed by atoms with Gasteiger partial charge in [-0.1, -0.05) is 32.1 Å². The van der Waals surface area contributed by atoms with Crippen LogP contribution in [0.25, 0.3) is 0 Å². The van der Waals surface area contributed by atoms with E-state index in [0.717, 1.165) is 22.2 Å². The normalized spacial score (nSPS) is 11.0. The van der Waals surface area contributed by atoms with Gasteiger partial charge in [0.1, 0.15) is 5.82 Å². The molecule has 0 atom stereocenters. The molecule has 2 rings (SSSR count). The third-order valence-corrected chi connectivity index (χ3v) is 3.71. The Hall–Kier alpha value is -1.69. The Bertz CT molecular complexity index is 580. The number of hydrogen-bond donors (Lipinski definition) is 1. The van der Waals surface area contributed by atoms with Gasteiger partial charge in [0.15, 0.2) is 11.6 Å². The summed E-state index contributed by atoms with van der Waals surface area (Å²) < 4.78 is 5.85. The van der Waals surface area contributed by atoms with Crippen LogP contribution >= 0.6 is 11.3 Å². The number of rotatable bonds is 4. The number of nitrogens with zero attached hydrogens (tertiary/aromatic N) is 3. The minimum absolute atomic E-state index is 0.305. The topological polar surface area (TPSA) is 73.9 Å². The second-order valence-electron chi connectivity index (χ2n) is 4.56. The van der Waals surface area contributed by atoms with E-state index in [1.165, 1.54) is 0 Å². The lowest BCUT2D eigenvalue weighted by Gasteiger charge is -2.08. The lowest BCUT2D eigenvalue weighted by molar-refractivity contribution is 0.482. The summed E-state index contributed by atoms with van der Waals surface area (Å²) in [6, 6.07) is 0. The summed E-state index contributed by atoms with van der Waals surface area (Å²) in [4.78, 5) is 12.8. The van der Waals surface area contributed by atoms with Crippen molar-refractivity contribution < 1.29 is 4.74 Å². The molecule has 2 heterocycles. The Morgan fingerprint density at radius 3 is 2.68 bits per heavy atom. The average molecular weight is 278 g/mol. The van der Waals surface area contributed by atoms with E-state index in [2.05, 4.69) is 35.7 Å². The molecule has 0 aromatic carbocycles. The first-order chi connectivity index (χ1) is 9.01. The maximum Gasteiger partial charge on any atom is 0.204 e. The summed E-state index contributed by atoms with van der Waals surface area (Å²) >= 11 is 1.55. The number of hydrogen-bond acceptors (Lipinski definition) is 6. The van der Waals surface area contributed by atoms with E-state index in [-0.39, 0.29) is 0 Å². The lowest BCUT2D eigenvalue weighted by Crippen LogP contribution is -1.99. The highest BCUT2D eigenvalue weighted by molar-refractivity contribution is 7.13. The summed E-state index contributed by atoms with van der Waals surface area (Å²) in [6.07, 6.45) is 2.50. The van der Waals surface area contributed by atoms with Crippen LogP contribution in [0.15, 0.2) is 6.20 Å². The smallest absolute Gasteiger partial charge is 0.204 e. The van der Waals surface area contributed by atoms with Gasteiger partial charge in [-0.25, -0.2) is 15.0 Å². The van der Waals surface area contributed by atoms with Crippen molar-refractivity contribution in [1.82, 2.24) is 15.0 Å². The van der Waals surface area contributed by atoms with Gasteiger partial charge >= 0.3 is 0 Å². The molecular formula is C13H18N4OS. The second kappa shape index (κ2) is 5.52. The molecule has 0 saturated heterocycles. The van der Waals surface area contributed by atoms with Gasteiger partial charge < -0.3 is 10.5 Å². The van der Waals surface area contributed by atoms with Crippen LogP contribution in [0.4, 0.5) is 5.82 Å². The maximum absolute atomic E-state index is 5.85. The third kappa shape index (κ3) is 3.01. The van der Waals surface area contributed by atoms with E-state index in [0.29, 0.717) is 23.3 Å². The van der Waals surface area contributed by atoms with Gasteiger partial charge in [0.25, 0.3) is 0 Å². The number of thiazole rings is 1. The Labute approximate surface area is 116 Å². The molecule has 19 heavy (non-hydrogen) atoms. The highest BCUT2D eigenvalue weighted by Crippen LogP contribution is 2.37. The highest BCUT2D eigenvalue weighted by atomic mass is 32.1. The molecule has 2 aromatic rings. The molecule has 0 fully saturated rings. The maximum atomic E-state index is 5.85. The molecule has 6 heteroatoms. The van der Waals surface area contributed by atoms with Crippen LogP contribution < -0.4 is 10.5 Å². The first kappa shape index (κ1) is 13.7.